The molecule has 1 aromatic heterocycles. The Morgan fingerprint density at radius 1 is 1.13 bits per heavy atom. The van der Waals surface area contributed by atoms with E-state index in [4.69, 9.17) is 9.84 Å². The van der Waals surface area contributed by atoms with E-state index in [-0.39, 0.29) is 23.8 Å². The van der Waals surface area contributed by atoms with Crippen molar-refractivity contribution in [3.8, 4) is 5.75 Å². The number of benzene rings is 2. The molecule has 0 unspecified atom stereocenters. The number of carboxylic acids is 1. The number of amides is 1. The lowest BCUT2D eigenvalue weighted by atomic mass is 10.0. The number of aromatic nitrogens is 3. The van der Waals surface area contributed by atoms with Gasteiger partial charge in [-0.05, 0) is 47.9 Å². The third-order valence-electron chi connectivity index (χ3n) is 4.18. The maximum absolute atomic E-state index is 12.1. The van der Waals surface area contributed by atoms with E-state index in [9.17, 15) is 9.59 Å². The first-order valence-electron chi connectivity index (χ1n) is 9.31. The van der Waals surface area contributed by atoms with Crippen LogP contribution in [-0.4, -0.2) is 37.9 Å². The molecule has 1 amide bonds. The fourth-order valence-corrected chi connectivity index (χ4v) is 3.15. The van der Waals surface area contributed by atoms with Crippen LogP contribution in [0.1, 0.15) is 41.5 Å². The Labute approximate surface area is 178 Å². The minimum atomic E-state index is -1.01. The monoisotopic (exact) mass is 426 g/mol. The molecule has 30 heavy (non-hydrogen) atoms. The Morgan fingerprint density at radius 3 is 2.47 bits per heavy atom. The number of thioether (sulfide) groups is 1. The lowest BCUT2D eigenvalue weighted by Gasteiger charge is -2.07. The molecule has 0 aliphatic carbocycles. The highest BCUT2D eigenvalue weighted by Crippen LogP contribution is 2.20. The van der Waals surface area contributed by atoms with E-state index in [0.29, 0.717) is 22.6 Å². The van der Waals surface area contributed by atoms with Crippen LogP contribution in [0.3, 0.4) is 0 Å². The van der Waals surface area contributed by atoms with Gasteiger partial charge >= 0.3 is 5.97 Å². The molecular formula is C21H22N4O4S. The Kier molecular flexibility index (Phi) is 7.08. The van der Waals surface area contributed by atoms with Crippen LogP contribution in [-0.2, 0) is 11.4 Å². The molecule has 0 aliphatic rings. The SMILES string of the molecule is CC(C)c1ccc(OCc2nc(SCC(=O)Nc3ccc(C(=O)O)cc3)n[nH]2)cc1. The summed E-state index contributed by atoms with van der Waals surface area (Å²) in [4.78, 5) is 27.2. The molecule has 1 heterocycles. The summed E-state index contributed by atoms with van der Waals surface area (Å²) in [7, 11) is 0. The maximum atomic E-state index is 12.1. The van der Waals surface area contributed by atoms with Crippen molar-refractivity contribution in [3.63, 3.8) is 0 Å². The summed E-state index contributed by atoms with van der Waals surface area (Å²) in [6, 6.07) is 13.9. The van der Waals surface area contributed by atoms with Gasteiger partial charge in [0.15, 0.2) is 5.82 Å². The molecule has 3 N–H and O–H groups in total. The van der Waals surface area contributed by atoms with Crippen molar-refractivity contribution in [2.24, 2.45) is 0 Å². The van der Waals surface area contributed by atoms with Gasteiger partial charge in [-0.1, -0.05) is 37.7 Å². The Hall–Kier alpha value is -3.33. The summed E-state index contributed by atoms with van der Waals surface area (Å²) in [6.45, 7) is 4.52. The van der Waals surface area contributed by atoms with Gasteiger partial charge in [-0.15, -0.1) is 5.10 Å². The number of carboxylic acid groups (broad SMARTS) is 1. The van der Waals surface area contributed by atoms with Gasteiger partial charge in [-0.2, -0.15) is 0 Å². The minimum absolute atomic E-state index is 0.121. The van der Waals surface area contributed by atoms with Gasteiger partial charge in [0, 0.05) is 5.69 Å². The number of aromatic carboxylic acids is 1. The first-order valence-corrected chi connectivity index (χ1v) is 10.3. The zero-order valence-corrected chi connectivity index (χ0v) is 17.4. The molecule has 8 nitrogen and oxygen atoms in total. The highest BCUT2D eigenvalue weighted by Gasteiger charge is 2.10. The van der Waals surface area contributed by atoms with Crippen molar-refractivity contribution in [2.45, 2.75) is 31.5 Å². The molecule has 3 rings (SSSR count). The molecule has 0 radical (unpaired) electrons. The van der Waals surface area contributed by atoms with Gasteiger partial charge in [0.1, 0.15) is 12.4 Å². The molecule has 0 aliphatic heterocycles. The van der Waals surface area contributed by atoms with Crippen molar-refractivity contribution in [1.82, 2.24) is 15.2 Å². The number of hydrogen-bond acceptors (Lipinski definition) is 6. The van der Waals surface area contributed by atoms with E-state index >= 15 is 0 Å². The average Bonchev–Trinajstić information content (AvgIpc) is 3.19. The van der Waals surface area contributed by atoms with Crippen molar-refractivity contribution < 1.29 is 19.4 Å². The molecule has 9 heteroatoms. The van der Waals surface area contributed by atoms with Gasteiger partial charge in [0.05, 0.1) is 11.3 Å². The van der Waals surface area contributed by atoms with Gasteiger partial charge in [-0.25, -0.2) is 9.78 Å². The molecular weight excluding hydrogens is 404 g/mol. The first-order chi connectivity index (χ1) is 14.4. The Morgan fingerprint density at radius 2 is 1.83 bits per heavy atom. The van der Waals surface area contributed by atoms with Gasteiger partial charge in [-0.3, -0.25) is 9.89 Å². The fraction of sp³-hybridized carbons (Fsp3) is 0.238. The predicted octanol–water partition coefficient (Wildman–Crippen LogP) is 3.94. The number of carbonyl (C=O) groups is 2. The second-order valence-electron chi connectivity index (χ2n) is 6.80. The number of H-pyrrole nitrogens is 1. The Bertz CT molecular complexity index is 1000. The second kappa shape index (κ2) is 9.93. The Balaban J connectivity index is 1.44. The van der Waals surface area contributed by atoms with Crippen LogP contribution in [0.5, 0.6) is 5.75 Å². The number of rotatable bonds is 9. The summed E-state index contributed by atoms with van der Waals surface area (Å²) in [5, 5.41) is 18.9. The molecule has 0 saturated carbocycles. The van der Waals surface area contributed by atoms with Crippen LogP contribution in [0.2, 0.25) is 0 Å². The normalized spacial score (nSPS) is 10.8. The highest BCUT2D eigenvalue weighted by molar-refractivity contribution is 7.99. The lowest BCUT2D eigenvalue weighted by molar-refractivity contribution is -0.113. The summed E-state index contributed by atoms with van der Waals surface area (Å²) >= 11 is 1.19. The molecule has 3 aromatic rings. The zero-order chi connectivity index (χ0) is 21.5. The third-order valence-corrected chi connectivity index (χ3v) is 5.03. The highest BCUT2D eigenvalue weighted by atomic mass is 32.2. The van der Waals surface area contributed by atoms with Crippen LogP contribution in [0, 0.1) is 0 Å². The van der Waals surface area contributed by atoms with Gasteiger partial charge < -0.3 is 15.2 Å². The maximum Gasteiger partial charge on any atom is 0.335 e. The number of nitrogens with one attached hydrogen (secondary N) is 2. The van der Waals surface area contributed by atoms with E-state index < -0.39 is 5.97 Å². The molecule has 2 aromatic carbocycles. The summed E-state index contributed by atoms with van der Waals surface area (Å²) < 4.78 is 5.71. The number of anilines is 1. The van der Waals surface area contributed by atoms with E-state index in [2.05, 4.69) is 34.3 Å². The number of ether oxygens (including phenoxy) is 1. The largest absolute Gasteiger partial charge is 0.486 e. The van der Waals surface area contributed by atoms with E-state index in [1.165, 1.54) is 29.5 Å². The molecule has 156 valence electrons. The molecule has 0 saturated heterocycles. The molecule has 0 atom stereocenters. The number of hydrogen-bond donors (Lipinski definition) is 3. The second-order valence-corrected chi connectivity index (χ2v) is 7.74. The predicted molar refractivity (Wildman–Crippen MR) is 114 cm³/mol. The van der Waals surface area contributed by atoms with Gasteiger partial charge in [0.25, 0.3) is 0 Å². The van der Waals surface area contributed by atoms with Crippen molar-refractivity contribution in [2.75, 3.05) is 11.1 Å². The number of aromatic amines is 1. The standard InChI is InChI=1S/C21H22N4O4S/c1-13(2)14-5-9-17(10-6-14)29-11-18-23-21(25-24-18)30-12-19(26)22-16-7-3-15(4-8-16)20(27)28/h3-10,13H,11-12H2,1-2H3,(H,22,26)(H,27,28)(H,23,24,25). The van der Waals surface area contributed by atoms with E-state index in [1.54, 1.807) is 12.1 Å². The smallest absolute Gasteiger partial charge is 0.335 e. The third kappa shape index (κ3) is 6.08. The van der Waals surface area contributed by atoms with Gasteiger partial charge in [0.2, 0.25) is 11.1 Å². The van der Waals surface area contributed by atoms with Crippen molar-refractivity contribution >= 4 is 29.3 Å². The minimum Gasteiger partial charge on any atom is -0.486 e. The van der Waals surface area contributed by atoms with Crippen LogP contribution < -0.4 is 10.1 Å². The van der Waals surface area contributed by atoms with Crippen LogP contribution in [0.15, 0.2) is 53.7 Å². The first kappa shape index (κ1) is 21.4. The van der Waals surface area contributed by atoms with Crippen molar-refractivity contribution in [1.29, 1.82) is 0 Å². The fourth-order valence-electron chi connectivity index (χ4n) is 2.53. The zero-order valence-electron chi connectivity index (χ0n) is 16.6. The summed E-state index contributed by atoms with van der Waals surface area (Å²) in [5.74, 6) is 0.647. The molecule has 0 bridgehead atoms. The van der Waals surface area contributed by atoms with E-state index in [1.807, 2.05) is 24.3 Å². The quantitative estimate of drug-likeness (QED) is 0.444. The summed E-state index contributed by atoms with van der Waals surface area (Å²) in [6.07, 6.45) is 0. The number of nitrogens with zero attached hydrogens (tertiary/aromatic N) is 2. The van der Waals surface area contributed by atoms with E-state index in [0.717, 1.165) is 5.75 Å². The average molecular weight is 426 g/mol. The topological polar surface area (TPSA) is 117 Å². The number of carbonyl (C=O) groups excluding carboxylic acids is 1. The van der Waals surface area contributed by atoms with Crippen LogP contribution >= 0.6 is 11.8 Å². The van der Waals surface area contributed by atoms with Crippen LogP contribution in [0.25, 0.3) is 0 Å². The molecule has 0 fully saturated rings. The van der Waals surface area contributed by atoms with Crippen LogP contribution in [0.4, 0.5) is 5.69 Å². The summed E-state index contributed by atoms with van der Waals surface area (Å²) in [5.41, 5.74) is 1.93. The van der Waals surface area contributed by atoms with Crippen molar-refractivity contribution in [3.05, 3.63) is 65.5 Å². The molecule has 0 spiro atoms. The lowest BCUT2D eigenvalue weighted by Crippen LogP contribution is -2.14.